The van der Waals surface area contributed by atoms with Gasteiger partial charge in [0.25, 0.3) is 0 Å². The van der Waals surface area contributed by atoms with Crippen molar-refractivity contribution in [3.05, 3.63) is 78.6 Å². The van der Waals surface area contributed by atoms with Gasteiger partial charge in [-0.15, -0.1) is 10.2 Å². The van der Waals surface area contributed by atoms with Gasteiger partial charge in [-0.3, -0.25) is 14.3 Å². The van der Waals surface area contributed by atoms with E-state index >= 15 is 0 Å². The third-order valence-electron chi connectivity index (χ3n) is 5.30. The Morgan fingerprint density at radius 3 is 2.59 bits per heavy atom. The van der Waals surface area contributed by atoms with Crippen LogP contribution in [0.25, 0.3) is 11.4 Å². The number of amides is 1. The molecule has 9 heteroatoms. The van der Waals surface area contributed by atoms with Crippen molar-refractivity contribution in [3.8, 4) is 22.9 Å². The SMILES string of the molecule is C[C@H](Sc1nnc(-c2ccncc2)n1Cc1ccccc1)C(=O)Nc1ccc2c(c1)OCCO2. The maximum atomic E-state index is 13.0. The number of pyridine rings is 1. The van der Waals surface area contributed by atoms with Crippen LogP contribution in [0, 0.1) is 0 Å². The molecule has 1 aliphatic rings. The number of benzene rings is 2. The second-order valence-electron chi connectivity index (χ2n) is 7.72. The van der Waals surface area contributed by atoms with E-state index in [2.05, 4.69) is 32.6 Å². The molecular weight excluding hydrogens is 450 g/mol. The standard InChI is InChI=1S/C25H23N5O3S/c1-17(24(31)27-20-7-8-21-22(15-20)33-14-13-32-21)34-25-29-28-23(19-9-11-26-12-10-19)30(25)16-18-5-3-2-4-6-18/h2-12,15,17H,13-14,16H2,1H3,(H,27,31)/t17-/m0/s1. The minimum Gasteiger partial charge on any atom is -0.486 e. The quantitative estimate of drug-likeness (QED) is 0.401. The minimum absolute atomic E-state index is 0.138. The topological polar surface area (TPSA) is 91.2 Å². The third kappa shape index (κ3) is 4.89. The van der Waals surface area contributed by atoms with Crippen molar-refractivity contribution >= 4 is 23.4 Å². The molecule has 0 fully saturated rings. The largest absolute Gasteiger partial charge is 0.486 e. The first-order chi connectivity index (χ1) is 16.7. The number of aromatic nitrogens is 4. The molecule has 8 nitrogen and oxygen atoms in total. The Labute approximate surface area is 201 Å². The fourth-order valence-corrected chi connectivity index (χ4v) is 4.42. The highest BCUT2D eigenvalue weighted by Crippen LogP contribution is 2.33. The molecule has 0 unspecified atom stereocenters. The average Bonchev–Trinajstić information content (AvgIpc) is 3.26. The lowest BCUT2D eigenvalue weighted by molar-refractivity contribution is -0.115. The highest BCUT2D eigenvalue weighted by Gasteiger charge is 2.22. The number of nitrogens with one attached hydrogen (secondary N) is 1. The summed E-state index contributed by atoms with van der Waals surface area (Å²) in [6, 6.07) is 19.3. The van der Waals surface area contributed by atoms with Gasteiger partial charge in [0.05, 0.1) is 11.8 Å². The summed E-state index contributed by atoms with van der Waals surface area (Å²) in [7, 11) is 0. The van der Waals surface area contributed by atoms with E-state index in [4.69, 9.17) is 9.47 Å². The van der Waals surface area contributed by atoms with Gasteiger partial charge in [0.15, 0.2) is 22.5 Å². The molecule has 0 aliphatic carbocycles. The van der Waals surface area contributed by atoms with E-state index in [0.717, 1.165) is 17.0 Å². The first kappa shape index (κ1) is 22.0. The minimum atomic E-state index is -0.405. The monoisotopic (exact) mass is 473 g/mol. The Morgan fingerprint density at radius 1 is 1.03 bits per heavy atom. The van der Waals surface area contributed by atoms with Crippen LogP contribution in [-0.4, -0.2) is 44.1 Å². The van der Waals surface area contributed by atoms with Crippen LogP contribution in [0.4, 0.5) is 5.69 Å². The Hall–Kier alpha value is -3.85. The van der Waals surface area contributed by atoms with Gasteiger partial charge in [0.2, 0.25) is 5.91 Å². The molecule has 0 spiro atoms. The van der Waals surface area contributed by atoms with Crippen LogP contribution in [-0.2, 0) is 11.3 Å². The number of fused-ring (bicyclic) bond motifs is 1. The van der Waals surface area contributed by atoms with Gasteiger partial charge in [-0.25, -0.2) is 0 Å². The summed E-state index contributed by atoms with van der Waals surface area (Å²) in [6.07, 6.45) is 3.46. The highest BCUT2D eigenvalue weighted by atomic mass is 32.2. The molecule has 2 aromatic carbocycles. The van der Waals surface area contributed by atoms with Crippen LogP contribution in [0.5, 0.6) is 11.5 Å². The van der Waals surface area contributed by atoms with E-state index in [1.807, 2.05) is 47.9 Å². The molecule has 1 N–H and O–H groups in total. The van der Waals surface area contributed by atoms with Crippen LogP contribution < -0.4 is 14.8 Å². The molecule has 1 atom stereocenters. The Balaban J connectivity index is 1.35. The van der Waals surface area contributed by atoms with E-state index in [1.165, 1.54) is 11.8 Å². The maximum Gasteiger partial charge on any atom is 0.237 e. The van der Waals surface area contributed by atoms with Gasteiger partial charge in [-0.1, -0.05) is 42.1 Å². The molecule has 0 saturated carbocycles. The maximum absolute atomic E-state index is 13.0. The summed E-state index contributed by atoms with van der Waals surface area (Å²) >= 11 is 1.37. The van der Waals surface area contributed by atoms with Gasteiger partial charge in [0, 0.05) is 29.7 Å². The van der Waals surface area contributed by atoms with Gasteiger partial charge in [-0.05, 0) is 36.8 Å². The average molecular weight is 474 g/mol. The van der Waals surface area contributed by atoms with Crippen molar-refractivity contribution in [1.82, 2.24) is 19.7 Å². The Morgan fingerprint density at radius 2 is 1.79 bits per heavy atom. The van der Waals surface area contributed by atoms with Crippen LogP contribution in [0.3, 0.4) is 0 Å². The van der Waals surface area contributed by atoms with Gasteiger partial charge < -0.3 is 14.8 Å². The number of ether oxygens (including phenoxy) is 2. The summed E-state index contributed by atoms with van der Waals surface area (Å²) < 4.78 is 13.2. The lowest BCUT2D eigenvalue weighted by Gasteiger charge is -2.19. The molecule has 5 rings (SSSR count). The van der Waals surface area contributed by atoms with Crippen molar-refractivity contribution in [1.29, 1.82) is 0 Å². The first-order valence-electron chi connectivity index (χ1n) is 10.9. The van der Waals surface area contributed by atoms with E-state index in [-0.39, 0.29) is 5.91 Å². The number of carbonyl (C=O) groups excluding carboxylic acids is 1. The third-order valence-corrected chi connectivity index (χ3v) is 6.38. The molecule has 4 aromatic rings. The molecule has 1 aliphatic heterocycles. The Kier molecular flexibility index (Phi) is 6.44. The van der Waals surface area contributed by atoms with Gasteiger partial charge >= 0.3 is 0 Å². The number of carbonyl (C=O) groups is 1. The number of nitrogens with zero attached hydrogens (tertiary/aromatic N) is 4. The van der Waals surface area contributed by atoms with E-state index < -0.39 is 5.25 Å². The van der Waals surface area contributed by atoms with Crippen molar-refractivity contribution in [2.45, 2.75) is 23.9 Å². The lowest BCUT2D eigenvalue weighted by Crippen LogP contribution is -2.23. The smallest absolute Gasteiger partial charge is 0.237 e. The molecule has 3 heterocycles. The van der Waals surface area contributed by atoms with E-state index in [1.54, 1.807) is 24.5 Å². The summed E-state index contributed by atoms with van der Waals surface area (Å²) in [4.78, 5) is 17.1. The van der Waals surface area contributed by atoms with E-state index in [9.17, 15) is 4.79 Å². The van der Waals surface area contributed by atoms with Gasteiger partial charge in [0.1, 0.15) is 13.2 Å². The predicted octanol–water partition coefficient (Wildman–Crippen LogP) is 4.28. The van der Waals surface area contributed by atoms with Crippen molar-refractivity contribution in [2.75, 3.05) is 18.5 Å². The summed E-state index contributed by atoms with van der Waals surface area (Å²) in [6.45, 7) is 3.46. The number of rotatable bonds is 7. The molecule has 34 heavy (non-hydrogen) atoms. The zero-order chi connectivity index (χ0) is 23.3. The van der Waals surface area contributed by atoms with Crippen molar-refractivity contribution in [3.63, 3.8) is 0 Å². The predicted molar refractivity (Wildman–Crippen MR) is 130 cm³/mol. The van der Waals surface area contributed by atoms with E-state index in [0.29, 0.717) is 42.1 Å². The second-order valence-corrected chi connectivity index (χ2v) is 9.03. The first-order valence-corrected chi connectivity index (χ1v) is 11.8. The number of anilines is 1. The molecule has 2 aromatic heterocycles. The summed E-state index contributed by atoms with van der Waals surface area (Å²) in [5.74, 6) is 1.91. The van der Waals surface area contributed by atoms with Crippen LogP contribution in [0.2, 0.25) is 0 Å². The molecule has 1 amide bonds. The summed E-state index contributed by atoms with van der Waals surface area (Å²) in [5.41, 5.74) is 2.69. The lowest BCUT2D eigenvalue weighted by atomic mass is 10.2. The fourth-order valence-electron chi connectivity index (χ4n) is 3.58. The van der Waals surface area contributed by atoms with Crippen LogP contribution >= 0.6 is 11.8 Å². The van der Waals surface area contributed by atoms with Crippen molar-refractivity contribution in [2.24, 2.45) is 0 Å². The molecular formula is C25H23N5O3S. The molecule has 0 saturated heterocycles. The van der Waals surface area contributed by atoms with Crippen molar-refractivity contribution < 1.29 is 14.3 Å². The zero-order valence-corrected chi connectivity index (χ0v) is 19.4. The van der Waals surface area contributed by atoms with Gasteiger partial charge in [-0.2, -0.15) is 0 Å². The van der Waals surface area contributed by atoms with Crippen LogP contribution in [0.1, 0.15) is 12.5 Å². The summed E-state index contributed by atoms with van der Waals surface area (Å²) in [5, 5.41) is 12.1. The zero-order valence-electron chi connectivity index (χ0n) is 18.5. The number of hydrogen-bond acceptors (Lipinski definition) is 7. The normalized spacial score (nSPS) is 13.3. The highest BCUT2D eigenvalue weighted by molar-refractivity contribution is 8.00. The Bertz CT molecular complexity index is 1280. The number of hydrogen-bond donors (Lipinski definition) is 1. The molecule has 0 bridgehead atoms. The molecule has 172 valence electrons. The number of thioether (sulfide) groups is 1. The fraction of sp³-hybridized carbons (Fsp3) is 0.200. The van der Waals surface area contributed by atoms with Crippen LogP contribution in [0.15, 0.2) is 78.2 Å². The molecule has 0 radical (unpaired) electrons. The second kappa shape index (κ2) is 9.96.